The standard InChI is InChI=1S/C16H14ClIN2O/c1-19-14(10-6-7-12(18)11(17)8-10)9-16-20-13-4-2-3-5-15(13)21-16/h2-8,14,19H,9H2,1H3. The van der Waals surface area contributed by atoms with Crippen molar-refractivity contribution in [2.75, 3.05) is 7.05 Å². The van der Waals surface area contributed by atoms with Crippen LogP contribution in [0.4, 0.5) is 0 Å². The van der Waals surface area contributed by atoms with Crippen molar-refractivity contribution in [2.24, 2.45) is 0 Å². The predicted octanol–water partition coefficient (Wildman–Crippen LogP) is 4.59. The Morgan fingerprint density at radius 2 is 2.10 bits per heavy atom. The number of nitrogens with one attached hydrogen (secondary N) is 1. The van der Waals surface area contributed by atoms with Gasteiger partial charge in [0.25, 0.3) is 0 Å². The fraction of sp³-hybridized carbons (Fsp3) is 0.188. The largest absolute Gasteiger partial charge is 0.441 e. The number of halogens is 2. The maximum atomic E-state index is 6.21. The van der Waals surface area contributed by atoms with E-state index in [0.717, 1.165) is 31.1 Å². The van der Waals surface area contributed by atoms with Crippen molar-refractivity contribution in [2.45, 2.75) is 12.5 Å². The Balaban J connectivity index is 1.88. The number of rotatable bonds is 4. The van der Waals surface area contributed by atoms with Crippen LogP contribution >= 0.6 is 34.2 Å². The lowest BCUT2D eigenvalue weighted by Gasteiger charge is -2.15. The molecule has 1 atom stereocenters. The molecule has 2 aromatic carbocycles. The molecule has 1 N–H and O–H groups in total. The van der Waals surface area contributed by atoms with E-state index >= 15 is 0 Å². The summed E-state index contributed by atoms with van der Waals surface area (Å²) in [5, 5.41) is 4.07. The van der Waals surface area contributed by atoms with Crippen molar-refractivity contribution < 1.29 is 4.42 Å². The van der Waals surface area contributed by atoms with Crippen LogP contribution in [0.3, 0.4) is 0 Å². The zero-order valence-electron chi connectivity index (χ0n) is 11.4. The summed E-state index contributed by atoms with van der Waals surface area (Å²) >= 11 is 8.43. The normalized spacial score (nSPS) is 12.7. The van der Waals surface area contributed by atoms with Gasteiger partial charge in [0.2, 0.25) is 0 Å². The van der Waals surface area contributed by atoms with Crippen LogP contribution in [0.5, 0.6) is 0 Å². The zero-order valence-corrected chi connectivity index (χ0v) is 14.4. The molecular weight excluding hydrogens is 399 g/mol. The minimum atomic E-state index is 0.118. The minimum Gasteiger partial charge on any atom is -0.441 e. The van der Waals surface area contributed by atoms with Gasteiger partial charge in [-0.15, -0.1) is 0 Å². The number of nitrogens with zero attached hydrogens (tertiary/aromatic N) is 1. The summed E-state index contributed by atoms with van der Waals surface area (Å²) in [5.74, 6) is 0.727. The van der Waals surface area contributed by atoms with Gasteiger partial charge in [-0.1, -0.05) is 29.8 Å². The summed E-state index contributed by atoms with van der Waals surface area (Å²) in [7, 11) is 1.93. The zero-order chi connectivity index (χ0) is 14.8. The maximum absolute atomic E-state index is 6.21. The molecule has 21 heavy (non-hydrogen) atoms. The first-order valence-corrected chi connectivity index (χ1v) is 8.09. The molecule has 0 saturated heterocycles. The molecule has 0 radical (unpaired) electrons. The fourth-order valence-corrected chi connectivity index (χ4v) is 2.82. The lowest BCUT2D eigenvalue weighted by molar-refractivity contribution is 0.474. The third-order valence-corrected chi connectivity index (χ3v) is 4.98. The van der Waals surface area contributed by atoms with Gasteiger partial charge < -0.3 is 9.73 Å². The van der Waals surface area contributed by atoms with Gasteiger partial charge in [-0.3, -0.25) is 0 Å². The molecule has 3 rings (SSSR count). The summed E-state index contributed by atoms with van der Waals surface area (Å²) in [6.45, 7) is 0. The van der Waals surface area contributed by atoms with E-state index in [1.54, 1.807) is 0 Å². The number of hydrogen-bond donors (Lipinski definition) is 1. The number of para-hydroxylation sites is 2. The van der Waals surface area contributed by atoms with Crippen molar-refractivity contribution in [3.8, 4) is 0 Å². The van der Waals surface area contributed by atoms with Crippen LogP contribution in [0, 0.1) is 3.57 Å². The van der Waals surface area contributed by atoms with Crippen LogP contribution in [0.25, 0.3) is 11.1 Å². The number of aromatic nitrogens is 1. The second-order valence-electron chi connectivity index (χ2n) is 4.79. The van der Waals surface area contributed by atoms with E-state index in [1.165, 1.54) is 0 Å². The first kappa shape index (κ1) is 14.8. The first-order chi connectivity index (χ1) is 10.2. The molecule has 0 spiro atoms. The molecule has 0 aliphatic heterocycles. The Morgan fingerprint density at radius 3 is 2.81 bits per heavy atom. The molecule has 3 aromatic rings. The third kappa shape index (κ3) is 3.22. The molecule has 1 unspecified atom stereocenters. The highest BCUT2D eigenvalue weighted by molar-refractivity contribution is 14.1. The van der Waals surface area contributed by atoms with Gasteiger partial charge in [0.05, 0.1) is 5.02 Å². The maximum Gasteiger partial charge on any atom is 0.197 e. The topological polar surface area (TPSA) is 38.1 Å². The molecule has 5 heteroatoms. The van der Waals surface area contributed by atoms with E-state index in [2.05, 4.69) is 39.0 Å². The number of benzene rings is 2. The highest BCUT2D eigenvalue weighted by Crippen LogP contribution is 2.26. The quantitative estimate of drug-likeness (QED) is 0.637. The Kier molecular flexibility index (Phi) is 4.47. The highest BCUT2D eigenvalue weighted by Gasteiger charge is 2.15. The second kappa shape index (κ2) is 6.34. The van der Waals surface area contributed by atoms with Gasteiger partial charge in [0, 0.05) is 16.0 Å². The number of hydrogen-bond acceptors (Lipinski definition) is 3. The molecule has 0 bridgehead atoms. The van der Waals surface area contributed by atoms with Gasteiger partial charge in [-0.05, 0) is 59.5 Å². The van der Waals surface area contributed by atoms with E-state index in [1.807, 2.05) is 43.4 Å². The van der Waals surface area contributed by atoms with Crippen LogP contribution < -0.4 is 5.32 Å². The van der Waals surface area contributed by atoms with Crippen molar-refractivity contribution >= 4 is 45.3 Å². The Labute approximate surface area is 141 Å². The summed E-state index contributed by atoms with van der Waals surface area (Å²) < 4.78 is 6.84. The molecule has 108 valence electrons. The van der Waals surface area contributed by atoms with Crippen molar-refractivity contribution in [3.05, 3.63) is 62.5 Å². The van der Waals surface area contributed by atoms with Gasteiger partial charge in [0.1, 0.15) is 5.52 Å². The van der Waals surface area contributed by atoms with Gasteiger partial charge in [0.15, 0.2) is 11.5 Å². The average Bonchev–Trinajstić information content (AvgIpc) is 2.90. The monoisotopic (exact) mass is 412 g/mol. The number of fused-ring (bicyclic) bond motifs is 1. The molecule has 0 aliphatic rings. The van der Waals surface area contributed by atoms with Crippen molar-refractivity contribution in [1.29, 1.82) is 0 Å². The van der Waals surface area contributed by atoms with Gasteiger partial charge in [-0.25, -0.2) is 4.98 Å². The SMILES string of the molecule is CNC(Cc1nc2ccccc2o1)c1ccc(I)c(Cl)c1. The highest BCUT2D eigenvalue weighted by atomic mass is 127. The van der Waals surface area contributed by atoms with Crippen molar-refractivity contribution in [3.63, 3.8) is 0 Å². The third-order valence-electron chi connectivity index (χ3n) is 3.41. The van der Waals surface area contributed by atoms with Gasteiger partial charge >= 0.3 is 0 Å². The van der Waals surface area contributed by atoms with E-state index in [4.69, 9.17) is 16.0 Å². The first-order valence-electron chi connectivity index (χ1n) is 6.64. The molecule has 3 nitrogen and oxygen atoms in total. The van der Waals surface area contributed by atoms with Crippen LogP contribution in [0.1, 0.15) is 17.5 Å². The summed E-state index contributed by atoms with van der Waals surface area (Å²) in [5.41, 5.74) is 2.84. The Hall–Kier alpha value is -1.11. The second-order valence-corrected chi connectivity index (χ2v) is 6.36. The molecule has 0 aliphatic carbocycles. The molecular formula is C16H14ClIN2O. The Bertz CT molecular complexity index is 739. The minimum absolute atomic E-state index is 0.118. The van der Waals surface area contributed by atoms with Crippen LogP contribution in [-0.2, 0) is 6.42 Å². The fourth-order valence-electron chi connectivity index (χ4n) is 2.30. The molecule has 1 heterocycles. The van der Waals surface area contributed by atoms with Crippen molar-refractivity contribution in [1.82, 2.24) is 10.3 Å². The number of oxazole rings is 1. The molecule has 0 fully saturated rings. The summed E-state index contributed by atoms with van der Waals surface area (Å²) in [6.07, 6.45) is 0.683. The lowest BCUT2D eigenvalue weighted by Crippen LogP contribution is -2.19. The lowest BCUT2D eigenvalue weighted by atomic mass is 10.0. The molecule has 0 amide bonds. The van der Waals surface area contributed by atoms with E-state index < -0.39 is 0 Å². The van der Waals surface area contributed by atoms with E-state index in [-0.39, 0.29) is 6.04 Å². The predicted molar refractivity (Wildman–Crippen MR) is 93.7 cm³/mol. The van der Waals surface area contributed by atoms with Crippen LogP contribution in [0.2, 0.25) is 5.02 Å². The average molecular weight is 413 g/mol. The smallest absolute Gasteiger partial charge is 0.197 e. The van der Waals surface area contributed by atoms with E-state index in [9.17, 15) is 0 Å². The summed E-state index contributed by atoms with van der Waals surface area (Å²) in [6, 6.07) is 14.0. The van der Waals surface area contributed by atoms with Crippen LogP contribution in [-0.4, -0.2) is 12.0 Å². The Morgan fingerprint density at radius 1 is 1.29 bits per heavy atom. The molecule has 1 aromatic heterocycles. The number of likely N-dealkylation sites (N-methyl/N-ethyl adjacent to an activating group) is 1. The molecule has 0 saturated carbocycles. The van der Waals surface area contributed by atoms with Gasteiger partial charge in [-0.2, -0.15) is 0 Å². The van der Waals surface area contributed by atoms with Crippen LogP contribution in [0.15, 0.2) is 46.9 Å². The summed E-state index contributed by atoms with van der Waals surface area (Å²) in [4.78, 5) is 4.52. The van der Waals surface area contributed by atoms with E-state index in [0.29, 0.717) is 6.42 Å².